The minimum atomic E-state index is -0.184. The number of amides is 2. The number of pyridine rings is 1. The van der Waals surface area contributed by atoms with Crippen LogP contribution in [-0.2, 0) is 13.1 Å². The van der Waals surface area contributed by atoms with Crippen LogP contribution in [0.3, 0.4) is 0 Å². The van der Waals surface area contributed by atoms with Crippen LogP contribution in [0, 0.1) is 0 Å². The van der Waals surface area contributed by atoms with Gasteiger partial charge in [-0.25, -0.2) is 4.79 Å². The van der Waals surface area contributed by atoms with Gasteiger partial charge in [-0.15, -0.1) is 10.2 Å². The quantitative estimate of drug-likeness (QED) is 0.432. The lowest BCUT2D eigenvalue weighted by Gasteiger charge is -2.12. The number of nitrogens with zero attached hydrogens (tertiary/aromatic N) is 3. The number of aromatic nitrogens is 3. The number of hydrogen-bond donors (Lipinski definition) is 2. The third-order valence-corrected chi connectivity index (χ3v) is 5.95. The van der Waals surface area contributed by atoms with Crippen molar-refractivity contribution in [1.82, 2.24) is 25.2 Å². The molecule has 0 bridgehead atoms. The number of hydrogen-bond acceptors (Lipinski definition) is 4. The molecule has 0 saturated heterocycles. The molecule has 0 aliphatic rings. The Balaban J connectivity index is 1.42. The molecule has 0 saturated carbocycles. The van der Waals surface area contributed by atoms with E-state index in [0.29, 0.717) is 19.0 Å². The maximum Gasteiger partial charge on any atom is 0.315 e. The third kappa shape index (κ3) is 5.24. The van der Waals surface area contributed by atoms with E-state index in [4.69, 9.17) is 0 Å². The number of carbonyl (C=O) groups excluding carboxylic acids is 1. The van der Waals surface area contributed by atoms with Gasteiger partial charge in [-0.1, -0.05) is 74.1 Å². The molecule has 0 spiro atoms. The Hall–Kier alpha value is -3.32. The molecule has 6 nitrogen and oxygen atoms in total. The van der Waals surface area contributed by atoms with Crippen LogP contribution in [0.15, 0.2) is 82.7 Å². The lowest BCUT2D eigenvalue weighted by Crippen LogP contribution is -2.34. The smallest absolute Gasteiger partial charge is 0.315 e. The van der Waals surface area contributed by atoms with Gasteiger partial charge in [-0.3, -0.25) is 4.40 Å². The summed E-state index contributed by atoms with van der Waals surface area (Å²) in [6, 6.07) is 21.8. The van der Waals surface area contributed by atoms with E-state index < -0.39 is 0 Å². The number of carbonyl (C=O) groups is 1. The molecule has 158 valence electrons. The normalized spacial score (nSPS) is 11.1. The summed E-state index contributed by atoms with van der Waals surface area (Å²) in [5.74, 6) is 1.24. The van der Waals surface area contributed by atoms with Gasteiger partial charge in [0.2, 0.25) is 0 Å². The Bertz CT molecular complexity index is 1170. The van der Waals surface area contributed by atoms with Crippen molar-refractivity contribution in [2.75, 3.05) is 0 Å². The number of benzene rings is 2. The van der Waals surface area contributed by atoms with Crippen LogP contribution in [0.2, 0.25) is 0 Å². The summed E-state index contributed by atoms with van der Waals surface area (Å²) < 4.78 is 2.05. The second-order valence-electron chi connectivity index (χ2n) is 7.54. The van der Waals surface area contributed by atoms with Crippen molar-refractivity contribution < 1.29 is 4.79 Å². The minimum absolute atomic E-state index is 0.184. The van der Waals surface area contributed by atoms with Crippen molar-refractivity contribution in [3.05, 3.63) is 89.9 Å². The highest BCUT2D eigenvalue weighted by molar-refractivity contribution is 7.99. The predicted molar refractivity (Wildman–Crippen MR) is 123 cm³/mol. The molecular formula is C24H25N5OS. The van der Waals surface area contributed by atoms with Crippen LogP contribution in [-0.4, -0.2) is 20.6 Å². The summed E-state index contributed by atoms with van der Waals surface area (Å²) in [5.41, 5.74) is 2.98. The molecule has 2 heterocycles. The third-order valence-electron chi connectivity index (χ3n) is 4.85. The van der Waals surface area contributed by atoms with E-state index >= 15 is 0 Å². The molecule has 7 heteroatoms. The number of rotatable bonds is 7. The highest BCUT2D eigenvalue weighted by Gasteiger charge is 2.11. The zero-order chi connectivity index (χ0) is 21.6. The first-order valence-electron chi connectivity index (χ1n) is 10.3. The number of fused-ring (bicyclic) bond motifs is 1. The zero-order valence-electron chi connectivity index (χ0n) is 17.6. The fourth-order valence-corrected chi connectivity index (χ4v) is 4.20. The minimum Gasteiger partial charge on any atom is -0.334 e. The van der Waals surface area contributed by atoms with Crippen molar-refractivity contribution in [1.29, 1.82) is 0 Å². The monoisotopic (exact) mass is 431 g/mol. The Morgan fingerprint density at radius 2 is 1.68 bits per heavy atom. The van der Waals surface area contributed by atoms with E-state index in [2.05, 4.69) is 53.0 Å². The van der Waals surface area contributed by atoms with E-state index in [9.17, 15) is 4.79 Å². The van der Waals surface area contributed by atoms with Crippen LogP contribution in [0.25, 0.3) is 5.65 Å². The molecule has 0 radical (unpaired) electrons. The van der Waals surface area contributed by atoms with Crippen LogP contribution in [0.1, 0.15) is 36.7 Å². The highest BCUT2D eigenvalue weighted by atomic mass is 32.2. The summed E-state index contributed by atoms with van der Waals surface area (Å²) >= 11 is 1.67. The van der Waals surface area contributed by atoms with Crippen molar-refractivity contribution >= 4 is 23.4 Å². The Labute approximate surface area is 186 Å². The maximum atomic E-state index is 12.2. The topological polar surface area (TPSA) is 71.3 Å². The first kappa shape index (κ1) is 20.9. The average Bonchev–Trinajstić information content (AvgIpc) is 3.21. The maximum absolute atomic E-state index is 12.2. The van der Waals surface area contributed by atoms with E-state index in [1.54, 1.807) is 11.8 Å². The standard InChI is InChI=1S/C24H25N5OS/c1-17(2)23-28-27-22-13-12-20(16-29(22)23)31-21-11-7-6-10-19(21)15-26-24(30)25-14-18-8-4-3-5-9-18/h3-13,16-17H,14-15H2,1-2H3,(H2,25,26,30). The molecule has 2 aromatic heterocycles. The van der Waals surface area contributed by atoms with Crippen LogP contribution >= 0.6 is 11.8 Å². The summed E-state index contributed by atoms with van der Waals surface area (Å²) in [6.45, 7) is 5.18. The van der Waals surface area contributed by atoms with Crippen molar-refractivity contribution in [2.45, 2.75) is 42.6 Å². The average molecular weight is 432 g/mol. The van der Waals surface area contributed by atoms with Gasteiger partial charge in [-0.2, -0.15) is 0 Å². The molecule has 31 heavy (non-hydrogen) atoms. The first-order chi connectivity index (χ1) is 15.1. The molecule has 0 unspecified atom stereocenters. The Morgan fingerprint density at radius 1 is 0.935 bits per heavy atom. The van der Waals surface area contributed by atoms with E-state index in [0.717, 1.165) is 32.4 Å². The van der Waals surface area contributed by atoms with Gasteiger partial charge >= 0.3 is 6.03 Å². The highest BCUT2D eigenvalue weighted by Crippen LogP contribution is 2.31. The molecule has 0 aliphatic heterocycles. The zero-order valence-corrected chi connectivity index (χ0v) is 18.4. The van der Waals surface area contributed by atoms with Crippen molar-refractivity contribution in [2.24, 2.45) is 0 Å². The first-order valence-corrected chi connectivity index (χ1v) is 11.1. The van der Waals surface area contributed by atoms with Gasteiger partial charge in [-0.05, 0) is 29.3 Å². The molecule has 2 amide bonds. The molecule has 4 rings (SSSR count). The Kier molecular flexibility index (Phi) is 6.52. The summed E-state index contributed by atoms with van der Waals surface area (Å²) in [5, 5.41) is 14.4. The van der Waals surface area contributed by atoms with Crippen molar-refractivity contribution in [3.63, 3.8) is 0 Å². The lowest BCUT2D eigenvalue weighted by molar-refractivity contribution is 0.240. The van der Waals surface area contributed by atoms with E-state index in [1.807, 2.05) is 59.0 Å². The molecular weight excluding hydrogens is 406 g/mol. The summed E-state index contributed by atoms with van der Waals surface area (Å²) in [7, 11) is 0. The van der Waals surface area contributed by atoms with Gasteiger partial charge in [0.1, 0.15) is 5.82 Å². The summed E-state index contributed by atoms with van der Waals surface area (Å²) in [4.78, 5) is 14.4. The lowest BCUT2D eigenvalue weighted by atomic mass is 10.2. The van der Waals surface area contributed by atoms with E-state index in [1.165, 1.54) is 0 Å². The second kappa shape index (κ2) is 9.66. The van der Waals surface area contributed by atoms with Gasteiger partial charge in [0.05, 0.1) is 0 Å². The SMILES string of the molecule is CC(C)c1nnc2ccc(Sc3ccccc3CNC(=O)NCc3ccccc3)cn12. The van der Waals surface area contributed by atoms with Crippen LogP contribution < -0.4 is 10.6 Å². The molecule has 4 aromatic rings. The van der Waals surface area contributed by atoms with E-state index in [-0.39, 0.29) is 6.03 Å². The van der Waals surface area contributed by atoms with Crippen molar-refractivity contribution in [3.8, 4) is 0 Å². The largest absolute Gasteiger partial charge is 0.334 e. The molecule has 2 aromatic carbocycles. The van der Waals surface area contributed by atoms with Crippen LogP contribution in [0.4, 0.5) is 4.79 Å². The second-order valence-corrected chi connectivity index (χ2v) is 8.65. The fraction of sp³-hybridized carbons (Fsp3) is 0.208. The summed E-state index contributed by atoms with van der Waals surface area (Å²) in [6.07, 6.45) is 2.08. The van der Waals surface area contributed by atoms with Gasteiger partial charge in [0.15, 0.2) is 5.65 Å². The molecule has 0 fully saturated rings. The van der Waals surface area contributed by atoms with Gasteiger partial charge in [0.25, 0.3) is 0 Å². The molecule has 0 atom stereocenters. The Morgan fingerprint density at radius 3 is 2.48 bits per heavy atom. The van der Waals surface area contributed by atoms with Crippen LogP contribution in [0.5, 0.6) is 0 Å². The molecule has 0 aliphatic carbocycles. The molecule has 2 N–H and O–H groups in total. The number of urea groups is 1. The fourth-order valence-electron chi connectivity index (χ4n) is 3.24. The van der Waals surface area contributed by atoms with Gasteiger partial charge < -0.3 is 10.6 Å². The number of nitrogens with one attached hydrogen (secondary N) is 2. The predicted octanol–water partition coefficient (Wildman–Crippen LogP) is 5.00. The van der Waals surface area contributed by atoms with Gasteiger partial charge in [0, 0.05) is 35.0 Å².